The summed E-state index contributed by atoms with van der Waals surface area (Å²) in [5.41, 5.74) is 2.35. The van der Waals surface area contributed by atoms with E-state index in [2.05, 4.69) is 32.9 Å². The van der Waals surface area contributed by atoms with E-state index in [1.807, 2.05) is 19.1 Å². The standard InChI is InChI=1S/C15H24O2/c1-6-13(17-5)14(16)11-7-9-12(10-8-11)15(2,3)4/h7-10,13-14,16H,6H2,1-5H3. The average Bonchev–Trinajstić information content (AvgIpc) is 2.29. The van der Waals surface area contributed by atoms with Crippen LogP contribution in [0.15, 0.2) is 24.3 Å². The van der Waals surface area contributed by atoms with E-state index < -0.39 is 6.10 Å². The molecule has 2 heteroatoms. The third-order valence-electron chi connectivity index (χ3n) is 3.18. The van der Waals surface area contributed by atoms with Gasteiger partial charge in [0.1, 0.15) is 6.10 Å². The zero-order valence-corrected chi connectivity index (χ0v) is 11.5. The van der Waals surface area contributed by atoms with Crippen LogP contribution in [0.5, 0.6) is 0 Å². The number of hydrogen-bond acceptors (Lipinski definition) is 2. The summed E-state index contributed by atoms with van der Waals surface area (Å²) in [6.45, 7) is 8.56. The predicted octanol–water partition coefficient (Wildman–Crippen LogP) is 3.44. The van der Waals surface area contributed by atoms with Gasteiger partial charge in [0.05, 0.1) is 6.10 Å². The molecule has 0 radical (unpaired) electrons. The quantitative estimate of drug-likeness (QED) is 0.867. The van der Waals surface area contributed by atoms with Crippen molar-refractivity contribution in [2.24, 2.45) is 0 Å². The first-order valence-electron chi connectivity index (χ1n) is 6.21. The second kappa shape index (κ2) is 5.65. The Morgan fingerprint density at radius 3 is 2.06 bits per heavy atom. The fourth-order valence-electron chi connectivity index (χ4n) is 1.91. The van der Waals surface area contributed by atoms with E-state index in [1.54, 1.807) is 7.11 Å². The molecule has 0 aliphatic heterocycles. The number of aliphatic hydroxyl groups is 1. The first kappa shape index (κ1) is 14.2. The van der Waals surface area contributed by atoms with Gasteiger partial charge in [-0.25, -0.2) is 0 Å². The van der Waals surface area contributed by atoms with Gasteiger partial charge in [-0.2, -0.15) is 0 Å². The van der Waals surface area contributed by atoms with E-state index in [0.29, 0.717) is 0 Å². The van der Waals surface area contributed by atoms with E-state index in [4.69, 9.17) is 4.74 Å². The van der Waals surface area contributed by atoms with Gasteiger partial charge < -0.3 is 9.84 Å². The summed E-state index contributed by atoms with van der Waals surface area (Å²) in [7, 11) is 1.64. The lowest BCUT2D eigenvalue weighted by Crippen LogP contribution is -2.20. The lowest BCUT2D eigenvalue weighted by Gasteiger charge is -2.23. The average molecular weight is 236 g/mol. The lowest BCUT2D eigenvalue weighted by molar-refractivity contribution is -0.0148. The third kappa shape index (κ3) is 3.55. The Morgan fingerprint density at radius 1 is 1.18 bits per heavy atom. The van der Waals surface area contributed by atoms with Crippen LogP contribution in [0.25, 0.3) is 0 Å². The molecule has 1 aromatic rings. The molecule has 0 amide bonds. The Bertz CT molecular complexity index is 331. The van der Waals surface area contributed by atoms with Crippen molar-refractivity contribution in [2.75, 3.05) is 7.11 Å². The minimum absolute atomic E-state index is 0.129. The Labute approximate surface area is 105 Å². The summed E-state index contributed by atoms with van der Waals surface area (Å²) in [5, 5.41) is 10.1. The molecule has 0 heterocycles. The van der Waals surface area contributed by atoms with E-state index in [-0.39, 0.29) is 11.5 Å². The molecule has 2 unspecified atom stereocenters. The zero-order valence-electron chi connectivity index (χ0n) is 11.5. The first-order chi connectivity index (χ1) is 7.90. The van der Waals surface area contributed by atoms with Gasteiger partial charge in [0, 0.05) is 7.11 Å². The predicted molar refractivity (Wildman–Crippen MR) is 71.2 cm³/mol. The smallest absolute Gasteiger partial charge is 0.105 e. The molecule has 0 aliphatic rings. The van der Waals surface area contributed by atoms with Crippen LogP contribution in [-0.2, 0) is 10.2 Å². The van der Waals surface area contributed by atoms with Crippen molar-refractivity contribution in [3.05, 3.63) is 35.4 Å². The van der Waals surface area contributed by atoms with Crippen LogP contribution in [0.4, 0.5) is 0 Å². The number of rotatable bonds is 4. The van der Waals surface area contributed by atoms with Gasteiger partial charge in [-0.15, -0.1) is 0 Å². The Hall–Kier alpha value is -0.860. The molecule has 1 rings (SSSR count). The molecule has 0 bridgehead atoms. The SMILES string of the molecule is CCC(OC)C(O)c1ccc(C(C)(C)C)cc1. The largest absolute Gasteiger partial charge is 0.386 e. The zero-order chi connectivity index (χ0) is 13.1. The van der Waals surface area contributed by atoms with Crippen LogP contribution >= 0.6 is 0 Å². The maximum absolute atomic E-state index is 10.1. The molecular formula is C15H24O2. The van der Waals surface area contributed by atoms with Crippen molar-refractivity contribution < 1.29 is 9.84 Å². The molecular weight excluding hydrogens is 212 g/mol. The molecule has 17 heavy (non-hydrogen) atoms. The first-order valence-corrected chi connectivity index (χ1v) is 6.21. The maximum Gasteiger partial charge on any atom is 0.105 e. The van der Waals surface area contributed by atoms with Gasteiger partial charge in [-0.3, -0.25) is 0 Å². The van der Waals surface area contributed by atoms with Gasteiger partial charge in [0.2, 0.25) is 0 Å². The Balaban J connectivity index is 2.87. The van der Waals surface area contributed by atoms with Crippen LogP contribution in [0.1, 0.15) is 51.3 Å². The van der Waals surface area contributed by atoms with E-state index in [9.17, 15) is 5.11 Å². The minimum atomic E-state index is -0.543. The number of aliphatic hydroxyl groups excluding tert-OH is 1. The van der Waals surface area contributed by atoms with Crippen molar-refractivity contribution in [3.63, 3.8) is 0 Å². The van der Waals surface area contributed by atoms with Crippen molar-refractivity contribution in [1.82, 2.24) is 0 Å². The fourth-order valence-corrected chi connectivity index (χ4v) is 1.91. The summed E-state index contributed by atoms with van der Waals surface area (Å²) >= 11 is 0. The highest BCUT2D eigenvalue weighted by molar-refractivity contribution is 5.29. The molecule has 96 valence electrons. The fraction of sp³-hybridized carbons (Fsp3) is 0.600. The van der Waals surface area contributed by atoms with Crippen molar-refractivity contribution in [1.29, 1.82) is 0 Å². The molecule has 0 saturated carbocycles. The monoisotopic (exact) mass is 236 g/mol. The van der Waals surface area contributed by atoms with Gasteiger partial charge in [0.25, 0.3) is 0 Å². The van der Waals surface area contributed by atoms with E-state index >= 15 is 0 Å². The number of methoxy groups -OCH3 is 1. The van der Waals surface area contributed by atoms with Crippen molar-refractivity contribution in [2.45, 2.75) is 51.7 Å². The van der Waals surface area contributed by atoms with Crippen LogP contribution in [-0.4, -0.2) is 18.3 Å². The number of benzene rings is 1. The third-order valence-corrected chi connectivity index (χ3v) is 3.18. The highest BCUT2D eigenvalue weighted by atomic mass is 16.5. The van der Waals surface area contributed by atoms with E-state index in [1.165, 1.54) is 5.56 Å². The topological polar surface area (TPSA) is 29.5 Å². The van der Waals surface area contributed by atoms with Gasteiger partial charge in [0.15, 0.2) is 0 Å². The summed E-state index contributed by atoms with van der Waals surface area (Å²) in [6.07, 6.45) is 0.133. The van der Waals surface area contributed by atoms with Crippen molar-refractivity contribution >= 4 is 0 Å². The van der Waals surface area contributed by atoms with Crippen LogP contribution in [0.3, 0.4) is 0 Å². The van der Waals surface area contributed by atoms with E-state index in [0.717, 1.165) is 12.0 Å². The molecule has 0 aromatic heterocycles. The summed E-state index contributed by atoms with van der Waals surface area (Å²) < 4.78 is 5.26. The molecule has 2 nitrogen and oxygen atoms in total. The molecule has 1 aromatic carbocycles. The molecule has 0 fully saturated rings. The summed E-state index contributed by atoms with van der Waals surface area (Å²) in [4.78, 5) is 0. The molecule has 0 aliphatic carbocycles. The number of ether oxygens (including phenoxy) is 1. The lowest BCUT2D eigenvalue weighted by atomic mass is 9.86. The van der Waals surface area contributed by atoms with Gasteiger partial charge in [-0.1, -0.05) is 52.0 Å². The minimum Gasteiger partial charge on any atom is -0.386 e. The molecule has 0 saturated heterocycles. The van der Waals surface area contributed by atoms with Crippen LogP contribution in [0, 0.1) is 0 Å². The van der Waals surface area contributed by atoms with Gasteiger partial charge in [-0.05, 0) is 23.0 Å². The molecule has 0 spiro atoms. The highest BCUT2D eigenvalue weighted by Gasteiger charge is 2.19. The normalized spacial score (nSPS) is 15.6. The maximum atomic E-state index is 10.1. The Kier molecular flexibility index (Phi) is 4.72. The second-order valence-electron chi connectivity index (χ2n) is 5.50. The van der Waals surface area contributed by atoms with Gasteiger partial charge >= 0.3 is 0 Å². The summed E-state index contributed by atoms with van der Waals surface area (Å²) in [6, 6.07) is 8.15. The number of hydrogen-bond donors (Lipinski definition) is 1. The van der Waals surface area contributed by atoms with Crippen LogP contribution < -0.4 is 0 Å². The highest BCUT2D eigenvalue weighted by Crippen LogP contribution is 2.26. The Morgan fingerprint density at radius 2 is 1.71 bits per heavy atom. The molecule has 1 N–H and O–H groups in total. The second-order valence-corrected chi connectivity index (χ2v) is 5.50. The summed E-state index contributed by atoms with van der Waals surface area (Å²) in [5.74, 6) is 0. The molecule has 2 atom stereocenters. The van der Waals surface area contributed by atoms with Crippen LogP contribution in [0.2, 0.25) is 0 Å². The van der Waals surface area contributed by atoms with Crippen molar-refractivity contribution in [3.8, 4) is 0 Å².